The van der Waals surface area contributed by atoms with Crippen LogP contribution >= 0.6 is 11.6 Å². The van der Waals surface area contributed by atoms with Gasteiger partial charge in [-0.2, -0.15) is 0 Å². The van der Waals surface area contributed by atoms with Crippen LogP contribution in [0, 0.1) is 5.92 Å². The zero-order valence-electron chi connectivity index (χ0n) is 11.8. The highest BCUT2D eigenvalue weighted by molar-refractivity contribution is 6.32. The molecule has 0 spiro atoms. The Kier molecular flexibility index (Phi) is 4.49. The van der Waals surface area contributed by atoms with Crippen LogP contribution < -0.4 is 5.32 Å². The lowest BCUT2D eigenvalue weighted by molar-refractivity contribution is 0.123. The van der Waals surface area contributed by atoms with Crippen molar-refractivity contribution in [2.45, 2.75) is 31.7 Å². The van der Waals surface area contributed by atoms with E-state index in [1.165, 1.54) is 25.7 Å². The molecule has 1 aliphatic heterocycles. The number of rotatable bonds is 3. The van der Waals surface area contributed by atoms with Gasteiger partial charge in [-0.1, -0.05) is 36.6 Å². The lowest BCUT2D eigenvalue weighted by atomic mass is 9.89. The molecule has 1 heterocycles. The van der Waals surface area contributed by atoms with Crippen molar-refractivity contribution in [2.75, 3.05) is 26.2 Å². The third-order valence-corrected chi connectivity index (χ3v) is 5.03. The predicted molar refractivity (Wildman–Crippen MR) is 82.3 cm³/mol. The minimum atomic E-state index is 0.282. The first-order chi connectivity index (χ1) is 9.77. The Morgan fingerprint density at radius 2 is 1.90 bits per heavy atom. The fraction of sp³-hybridized carbons (Fsp3) is 0.625. The summed E-state index contributed by atoms with van der Waals surface area (Å²) in [5.74, 6) is 0.932. The highest BCUT2D eigenvalue weighted by Gasteiger charge is 2.33. The fourth-order valence-electron chi connectivity index (χ4n) is 3.75. The van der Waals surface area contributed by atoms with Gasteiger partial charge in [0.1, 0.15) is 5.75 Å². The summed E-state index contributed by atoms with van der Waals surface area (Å²) in [6, 6.07) is 6.09. The Labute approximate surface area is 125 Å². The van der Waals surface area contributed by atoms with Gasteiger partial charge in [0.05, 0.1) is 5.02 Å². The molecule has 2 aliphatic rings. The van der Waals surface area contributed by atoms with Crippen molar-refractivity contribution in [3.8, 4) is 5.75 Å². The summed E-state index contributed by atoms with van der Waals surface area (Å²) in [6.45, 7) is 4.16. The molecule has 2 fully saturated rings. The number of hydrogen-bond donors (Lipinski definition) is 2. The average molecular weight is 295 g/mol. The SMILES string of the molecule is Oc1c(Cl)cccc1[C@@H](C1CCCC1)N1CCNCC1. The van der Waals surface area contributed by atoms with Crippen LogP contribution in [0.15, 0.2) is 18.2 Å². The third kappa shape index (κ3) is 2.80. The molecular weight excluding hydrogens is 272 g/mol. The minimum Gasteiger partial charge on any atom is -0.506 e. The van der Waals surface area contributed by atoms with Crippen molar-refractivity contribution >= 4 is 11.6 Å². The maximum absolute atomic E-state index is 10.4. The first-order valence-electron chi connectivity index (χ1n) is 7.69. The summed E-state index contributed by atoms with van der Waals surface area (Å²) in [4.78, 5) is 2.53. The summed E-state index contributed by atoms with van der Waals surface area (Å²) in [5, 5.41) is 14.3. The van der Waals surface area contributed by atoms with E-state index in [0.29, 0.717) is 17.0 Å². The monoisotopic (exact) mass is 294 g/mol. The van der Waals surface area contributed by atoms with Crippen molar-refractivity contribution in [3.05, 3.63) is 28.8 Å². The summed E-state index contributed by atoms with van der Waals surface area (Å²) < 4.78 is 0. The third-order valence-electron chi connectivity index (χ3n) is 4.73. The molecule has 0 aromatic heterocycles. The Morgan fingerprint density at radius 3 is 2.60 bits per heavy atom. The zero-order valence-corrected chi connectivity index (χ0v) is 12.6. The van der Waals surface area contributed by atoms with Crippen LogP contribution in [0.5, 0.6) is 5.75 Å². The molecule has 0 amide bonds. The minimum absolute atomic E-state index is 0.282. The number of halogens is 1. The number of piperazine rings is 1. The summed E-state index contributed by atoms with van der Waals surface area (Å²) in [7, 11) is 0. The van der Waals surface area contributed by atoms with Gasteiger partial charge in [-0.25, -0.2) is 0 Å². The lowest BCUT2D eigenvalue weighted by Crippen LogP contribution is -2.46. The topological polar surface area (TPSA) is 35.5 Å². The molecule has 0 unspecified atom stereocenters. The Balaban J connectivity index is 1.93. The molecule has 0 bridgehead atoms. The maximum atomic E-state index is 10.4. The van der Waals surface area contributed by atoms with Gasteiger partial charge in [-0.3, -0.25) is 4.90 Å². The Hall–Kier alpha value is -0.770. The number of aromatic hydroxyl groups is 1. The zero-order chi connectivity index (χ0) is 13.9. The van der Waals surface area contributed by atoms with Crippen LogP contribution in [0.3, 0.4) is 0 Å². The number of hydrogen-bond acceptors (Lipinski definition) is 3. The first kappa shape index (κ1) is 14.2. The van der Waals surface area contributed by atoms with E-state index in [4.69, 9.17) is 11.6 Å². The molecule has 2 N–H and O–H groups in total. The molecule has 1 saturated carbocycles. The second-order valence-electron chi connectivity index (χ2n) is 5.95. The average Bonchev–Trinajstić information content (AvgIpc) is 2.99. The molecule has 3 rings (SSSR count). The van der Waals surface area contributed by atoms with Crippen LogP contribution in [0.1, 0.15) is 37.3 Å². The molecule has 3 nitrogen and oxygen atoms in total. The molecule has 1 aromatic carbocycles. The second-order valence-corrected chi connectivity index (χ2v) is 6.36. The second kappa shape index (κ2) is 6.33. The van der Waals surface area contributed by atoms with Crippen molar-refractivity contribution < 1.29 is 5.11 Å². The summed E-state index contributed by atoms with van der Waals surface area (Å²) in [5.41, 5.74) is 1.02. The van der Waals surface area contributed by atoms with Gasteiger partial charge in [0.25, 0.3) is 0 Å². The van der Waals surface area contributed by atoms with Crippen LogP contribution in [0.25, 0.3) is 0 Å². The van der Waals surface area contributed by atoms with Gasteiger partial charge >= 0.3 is 0 Å². The predicted octanol–water partition coefficient (Wildman–Crippen LogP) is 3.18. The molecule has 20 heavy (non-hydrogen) atoms. The van der Waals surface area contributed by atoms with Crippen LogP contribution in [-0.2, 0) is 0 Å². The standard InChI is InChI=1S/C16H23ClN2O/c17-14-7-3-6-13(16(14)20)15(12-4-1-2-5-12)19-10-8-18-9-11-19/h3,6-7,12,15,18,20H,1-2,4-5,8-11H2/t15-/m1/s1. The maximum Gasteiger partial charge on any atom is 0.138 e. The van der Waals surface area contributed by atoms with E-state index in [9.17, 15) is 5.11 Å². The summed E-state index contributed by atoms with van der Waals surface area (Å²) in [6.07, 6.45) is 5.16. The van der Waals surface area contributed by atoms with Gasteiger partial charge in [0, 0.05) is 37.8 Å². The molecule has 4 heteroatoms. The number of nitrogens with one attached hydrogen (secondary N) is 1. The fourth-order valence-corrected chi connectivity index (χ4v) is 3.93. The number of phenols is 1. The summed E-state index contributed by atoms with van der Waals surface area (Å²) >= 11 is 6.12. The van der Waals surface area contributed by atoms with Crippen LogP contribution in [0.2, 0.25) is 5.02 Å². The molecule has 1 atom stereocenters. The van der Waals surface area contributed by atoms with E-state index < -0.39 is 0 Å². The first-order valence-corrected chi connectivity index (χ1v) is 8.07. The van der Waals surface area contributed by atoms with Crippen molar-refractivity contribution in [2.24, 2.45) is 5.92 Å². The largest absolute Gasteiger partial charge is 0.506 e. The number of benzene rings is 1. The molecule has 1 aliphatic carbocycles. The quantitative estimate of drug-likeness (QED) is 0.899. The van der Waals surface area contributed by atoms with Gasteiger partial charge < -0.3 is 10.4 Å². The van der Waals surface area contributed by atoms with Crippen molar-refractivity contribution in [1.29, 1.82) is 0 Å². The van der Waals surface area contributed by atoms with Crippen molar-refractivity contribution in [3.63, 3.8) is 0 Å². The van der Waals surface area contributed by atoms with Crippen molar-refractivity contribution in [1.82, 2.24) is 10.2 Å². The highest BCUT2D eigenvalue weighted by atomic mass is 35.5. The van der Waals surface area contributed by atoms with E-state index in [0.717, 1.165) is 31.7 Å². The molecule has 110 valence electrons. The lowest BCUT2D eigenvalue weighted by Gasteiger charge is -2.39. The van der Waals surface area contributed by atoms with Gasteiger partial charge in [-0.05, 0) is 24.8 Å². The van der Waals surface area contributed by atoms with E-state index in [2.05, 4.69) is 10.2 Å². The van der Waals surface area contributed by atoms with Gasteiger partial charge in [0.15, 0.2) is 0 Å². The number of para-hydroxylation sites is 1. The van der Waals surface area contributed by atoms with Gasteiger partial charge in [-0.15, -0.1) is 0 Å². The van der Waals surface area contributed by atoms with Crippen LogP contribution in [-0.4, -0.2) is 36.2 Å². The van der Waals surface area contributed by atoms with E-state index >= 15 is 0 Å². The van der Waals surface area contributed by atoms with E-state index in [-0.39, 0.29) is 5.75 Å². The number of phenolic OH excluding ortho intramolecular Hbond substituents is 1. The molecule has 1 aromatic rings. The Bertz CT molecular complexity index is 454. The Morgan fingerprint density at radius 1 is 1.20 bits per heavy atom. The van der Waals surface area contributed by atoms with Crippen LogP contribution in [0.4, 0.5) is 0 Å². The molecular formula is C16H23ClN2O. The molecule has 1 saturated heterocycles. The highest BCUT2D eigenvalue weighted by Crippen LogP contribution is 2.44. The number of nitrogens with zero attached hydrogens (tertiary/aromatic N) is 1. The van der Waals surface area contributed by atoms with Gasteiger partial charge in [0.2, 0.25) is 0 Å². The van der Waals surface area contributed by atoms with E-state index in [1.807, 2.05) is 12.1 Å². The normalized spacial score (nSPS) is 23.1. The molecule has 0 radical (unpaired) electrons. The van der Waals surface area contributed by atoms with E-state index in [1.54, 1.807) is 6.07 Å². The smallest absolute Gasteiger partial charge is 0.138 e.